The third-order valence-corrected chi connectivity index (χ3v) is 4.33. The lowest BCUT2D eigenvalue weighted by Crippen LogP contribution is -2.46. The van der Waals surface area contributed by atoms with Crippen LogP contribution in [0.1, 0.15) is 52.0 Å². The summed E-state index contributed by atoms with van der Waals surface area (Å²) < 4.78 is 0. The number of nitrogens with zero attached hydrogens (tertiary/aromatic N) is 1. The molecule has 1 aromatic carbocycles. The van der Waals surface area contributed by atoms with Gasteiger partial charge in [0.1, 0.15) is 5.41 Å². The number of hydrogen-bond acceptors (Lipinski definition) is 2. The Kier molecular flexibility index (Phi) is 4.89. The first-order valence-electron chi connectivity index (χ1n) is 8.03. The van der Waals surface area contributed by atoms with Crippen LogP contribution in [0.5, 0.6) is 0 Å². The van der Waals surface area contributed by atoms with E-state index in [4.69, 9.17) is 0 Å². The van der Waals surface area contributed by atoms with E-state index in [9.17, 15) is 9.59 Å². The Morgan fingerprint density at radius 1 is 1.09 bits per heavy atom. The van der Waals surface area contributed by atoms with Gasteiger partial charge in [-0.15, -0.1) is 0 Å². The minimum atomic E-state index is -1.04. The Labute approximate surface area is 132 Å². The molecule has 1 heterocycles. The monoisotopic (exact) mass is 302 g/mol. The van der Waals surface area contributed by atoms with Crippen LogP contribution in [0.3, 0.4) is 0 Å². The van der Waals surface area contributed by atoms with E-state index in [2.05, 4.69) is 19.2 Å². The first kappa shape index (κ1) is 16.5. The van der Waals surface area contributed by atoms with Gasteiger partial charge in [-0.25, -0.2) is 0 Å². The molecule has 1 fully saturated rings. The third-order valence-electron chi connectivity index (χ3n) is 4.33. The molecule has 1 aliphatic rings. The van der Waals surface area contributed by atoms with Gasteiger partial charge in [0.15, 0.2) is 0 Å². The van der Waals surface area contributed by atoms with Gasteiger partial charge >= 0.3 is 0 Å². The van der Waals surface area contributed by atoms with E-state index in [1.54, 1.807) is 18.7 Å². The van der Waals surface area contributed by atoms with E-state index in [0.29, 0.717) is 5.92 Å². The average molecular weight is 302 g/mol. The van der Waals surface area contributed by atoms with Crippen LogP contribution >= 0.6 is 0 Å². The molecule has 1 N–H and O–H groups in total. The molecule has 0 atom stereocenters. The molecule has 0 saturated carbocycles. The number of likely N-dealkylation sites (tertiary alicyclic amines) is 1. The maximum Gasteiger partial charge on any atom is 0.239 e. The number of benzene rings is 1. The standard InChI is InChI=1S/C18H26N2O2/c1-13(2)14-7-9-15(10-8-14)19-16(21)18(3,4)17(22)20-11-5-6-12-20/h7-10,13H,5-6,11-12H2,1-4H3,(H,19,21). The normalized spacial score (nSPS) is 15.2. The minimum Gasteiger partial charge on any atom is -0.342 e. The molecule has 0 spiro atoms. The van der Waals surface area contributed by atoms with Gasteiger partial charge in [-0.3, -0.25) is 9.59 Å². The van der Waals surface area contributed by atoms with Crippen molar-refractivity contribution in [3.8, 4) is 0 Å². The van der Waals surface area contributed by atoms with Crippen molar-refractivity contribution in [1.82, 2.24) is 4.90 Å². The molecule has 0 bridgehead atoms. The van der Waals surface area contributed by atoms with Gasteiger partial charge in [0, 0.05) is 18.8 Å². The van der Waals surface area contributed by atoms with Crippen molar-refractivity contribution < 1.29 is 9.59 Å². The second-order valence-corrected chi connectivity index (χ2v) is 6.86. The predicted octanol–water partition coefficient (Wildman–Crippen LogP) is 3.40. The van der Waals surface area contributed by atoms with Gasteiger partial charge in [0.2, 0.25) is 11.8 Å². The molecule has 0 aromatic heterocycles. The first-order valence-corrected chi connectivity index (χ1v) is 8.03. The largest absolute Gasteiger partial charge is 0.342 e. The quantitative estimate of drug-likeness (QED) is 0.867. The fourth-order valence-electron chi connectivity index (χ4n) is 2.65. The number of carbonyl (C=O) groups is 2. The topological polar surface area (TPSA) is 49.4 Å². The van der Waals surface area contributed by atoms with Crippen molar-refractivity contribution in [1.29, 1.82) is 0 Å². The summed E-state index contributed by atoms with van der Waals surface area (Å²) in [7, 11) is 0. The molecule has 0 aliphatic carbocycles. The number of nitrogens with one attached hydrogen (secondary N) is 1. The zero-order valence-electron chi connectivity index (χ0n) is 14.0. The van der Waals surface area contributed by atoms with E-state index in [-0.39, 0.29) is 11.8 Å². The van der Waals surface area contributed by atoms with Crippen molar-refractivity contribution in [3.63, 3.8) is 0 Å². The lowest BCUT2D eigenvalue weighted by atomic mass is 9.90. The van der Waals surface area contributed by atoms with Gasteiger partial charge in [-0.2, -0.15) is 0 Å². The summed E-state index contributed by atoms with van der Waals surface area (Å²) in [5.41, 5.74) is 0.920. The minimum absolute atomic E-state index is 0.0821. The third kappa shape index (κ3) is 3.49. The molecule has 2 rings (SSSR count). The van der Waals surface area contributed by atoms with Crippen molar-refractivity contribution in [3.05, 3.63) is 29.8 Å². The first-order chi connectivity index (χ1) is 10.3. The van der Waals surface area contributed by atoms with E-state index in [1.165, 1.54) is 5.56 Å². The molecule has 4 heteroatoms. The van der Waals surface area contributed by atoms with Crippen molar-refractivity contribution in [2.75, 3.05) is 18.4 Å². The molecule has 1 aromatic rings. The van der Waals surface area contributed by atoms with Gasteiger partial charge in [-0.05, 0) is 50.3 Å². The Morgan fingerprint density at radius 3 is 2.14 bits per heavy atom. The average Bonchev–Trinajstić information content (AvgIpc) is 3.00. The van der Waals surface area contributed by atoms with Crippen LogP contribution < -0.4 is 5.32 Å². The number of hydrogen-bond donors (Lipinski definition) is 1. The molecular formula is C18H26N2O2. The lowest BCUT2D eigenvalue weighted by Gasteiger charge is -2.28. The van der Waals surface area contributed by atoms with Crippen molar-refractivity contribution in [2.45, 2.75) is 46.5 Å². The molecule has 22 heavy (non-hydrogen) atoms. The molecule has 1 saturated heterocycles. The van der Waals surface area contributed by atoms with E-state index >= 15 is 0 Å². The highest BCUT2D eigenvalue weighted by atomic mass is 16.2. The van der Waals surface area contributed by atoms with Gasteiger partial charge in [0.25, 0.3) is 0 Å². The summed E-state index contributed by atoms with van der Waals surface area (Å²) in [4.78, 5) is 26.8. The number of anilines is 1. The zero-order chi connectivity index (χ0) is 16.3. The Balaban J connectivity index is 2.04. The summed E-state index contributed by atoms with van der Waals surface area (Å²) in [6.07, 6.45) is 2.06. The molecule has 1 aliphatic heterocycles. The van der Waals surface area contributed by atoms with E-state index < -0.39 is 5.41 Å². The molecule has 0 unspecified atom stereocenters. The second kappa shape index (κ2) is 6.51. The Morgan fingerprint density at radius 2 is 1.64 bits per heavy atom. The van der Waals surface area contributed by atoms with Crippen LogP contribution in [0.15, 0.2) is 24.3 Å². The lowest BCUT2D eigenvalue weighted by molar-refractivity contribution is -0.145. The van der Waals surface area contributed by atoms with Crippen LogP contribution in [0.4, 0.5) is 5.69 Å². The molecular weight excluding hydrogens is 276 g/mol. The van der Waals surface area contributed by atoms with Crippen molar-refractivity contribution >= 4 is 17.5 Å². The number of amides is 2. The fraction of sp³-hybridized carbons (Fsp3) is 0.556. The van der Waals surface area contributed by atoms with Crippen LogP contribution in [-0.4, -0.2) is 29.8 Å². The summed E-state index contributed by atoms with van der Waals surface area (Å²) in [6, 6.07) is 7.80. The number of carbonyl (C=O) groups excluding carboxylic acids is 2. The second-order valence-electron chi connectivity index (χ2n) is 6.86. The maximum absolute atomic E-state index is 12.5. The van der Waals surface area contributed by atoms with Crippen molar-refractivity contribution in [2.24, 2.45) is 5.41 Å². The molecule has 2 amide bonds. The summed E-state index contributed by atoms with van der Waals surface area (Å²) in [5, 5.41) is 2.87. The summed E-state index contributed by atoms with van der Waals surface area (Å²) >= 11 is 0. The van der Waals surface area contributed by atoms with Gasteiger partial charge in [-0.1, -0.05) is 26.0 Å². The maximum atomic E-state index is 12.5. The highest BCUT2D eigenvalue weighted by Crippen LogP contribution is 2.25. The molecule has 4 nitrogen and oxygen atoms in total. The zero-order valence-corrected chi connectivity index (χ0v) is 14.0. The molecule has 0 radical (unpaired) electrons. The van der Waals surface area contributed by atoms with Crippen LogP contribution in [-0.2, 0) is 9.59 Å². The Hall–Kier alpha value is -1.84. The predicted molar refractivity (Wildman–Crippen MR) is 88.8 cm³/mol. The van der Waals surface area contributed by atoms with Crippen LogP contribution in [0.25, 0.3) is 0 Å². The Bertz CT molecular complexity index is 541. The highest BCUT2D eigenvalue weighted by Gasteiger charge is 2.39. The fourth-order valence-corrected chi connectivity index (χ4v) is 2.65. The van der Waals surface area contributed by atoms with E-state index in [1.807, 2.05) is 24.3 Å². The van der Waals surface area contributed by atoms with Gasteiger partial charge in [0.05, 0.1) is 0 Å². The van der Waals surface area contributed by atoms with Crippen LogP contribution in [0.2, 0.25) is 0 Å². The summed E-state index contributed by atoms with van der Waals surface area (Å²) in [5.74, 6) is 0.126. The van der Waals surface area contributed by atoms with Gasteiger partial charge < -0.3 is 10.2 Å². The molecule has 120 valence electrons. The van der Waals surface area contributed by atoms with Crippen LogP contribution in [0, 0.1) is 5.41 Å². The van der Waals surface area contributed by atoms with E-state index in [0.717, 1.165) is 31.6 Å². The number of rotatable bonds is 4. The summed E-state index contributed by atoms with van der Waals surface area (Å²) in [6.45, 7) is 9.19. The SMILES string of the molecule is CC(C)c1ccc(NC(=O)C(C)(C)C(=O)N2CCCC2)cc1. The smallest absolute Gasteiger partial charge is 0.239 e. The highest BCUT2D eigenvalue weighted by molar-refractivity contribution is 6.09.